The molecule has 0 unspecified atom stereocenters. The van der Waals surface area contributed by atoms with E-state index in [0.717, 1.165) is 10.2 Å². The first-order valence-corrected chi connectivity index (χ1v) is 9.97. The van der Waals surface area contributed by atoms with Gasteiger partial charge in [0.25, 0.3) is 0 Å². The highest BCUT2D eigenvalue weighted by molar-refractivity contribution is 5.82. The van der Waals surface area contributed by atoms with Gasteiger partial charge in [0, 0.05) is 5.39 Å². The average molecular weight is 416 g/mol. The predicted molar refractivity (Wildman–Crippen MR) is 107 cm³/mol. The van der Waals surface area contributed by atoms with Crippen molar-refractivity contribution in [3.63, 3.8) is 0 Å². The van der Waals surface area contributed by atoms with Crippen molar-refractivity contribution in [2.75, 3.05) is 0 Å². The largest absolute Gasteiger partial charge is 0.408 e. The third kappa shape index (κ3) is 4.63. The molecule has 5 nitrogen and oxygen atoms in total. The summed E-state index contributed by atoms with van der Waals surface area (Å²) in [6.07, 6.45) is -0.232. The number of hydrogen-bond donors (Lipinski definition) is 1. The molecule has 158 valence electrons. The summed E-state index contributed by atoms with van der Waals surface area (Å²) in [7, 11) is 0. The van der Waals surface area contributed by atoms with E-state index in [1.54, 1.807) is 19.9 Å². The van der Waals surface area contributed by atoms with E-state index in [-0.39, 0.29) is 18.4 Å². The van der Waals surface area contributed by atoms with Crippen LogP contribution >= 0.6 is 0 Å². The summed E-state index contributed by atoms with van der Waals surface area (Å²) in [4.78, 5) is 16.7. The minimum Gasteiger partial charge on any atom is -0.348 e. The Labute approximate surface area is 172 Å². The van der Waals surface area contributed by atoms with Gasteiger partial charge in [0.15, 0.2) is 0 Å². The lowest BCUT2D eigenvalue weighted by Gasteiger charge is -2.14. The average Bonchev–Trinajstić information content (AvgIpc) is 3.47. The molecule has 1 saturated carbocycles. The normalized spacial score (nSPS) is 15.4. The number of hydrogen-bond acceptors (Lipinski definition) is 3. The quantitative estimate of drug-likeness (QED) is 0.639. The second-order valence-electron chi connectivity index (χ2n) is 7.97. The molecule has 1 amide bonds. The number of rotatable bonds is 6. The Hall–Kier alpha value is -2.90. The van der Waals surface area contributed by atoms with E-state index in [2.05, 4.69) is 27.5 Å². The van der Waals surface area contributed by atoms with Crippen molar-refractivity contribution >= 4 is 16.8 Å². The van der Waals surface area contributed by atoms with E-state index in [1.807, 2.05) is 12.1 Å². The first kappa shape index (κ1) is 20.4. The van der Waals surface area contributed by atoms with Crippen molar-refractivity contribution in [3.8, 4) is 0 Å². The number of alkyl halides is 3. The number of fused-ring (bicyclic) bond motifs is 1. The Morgan fingerprint density at radius 1 is 1.27 bits per heavy atom. The van der Waals surface area contributed by atoms with Crippen LogP contribution in [0.3, 0.4) is 0 Å². The molecule has 3 aromatic rings. The van der Waals surface area contributed by atoms with Crippen LogP contribution in [0.25, 0.3) is 10.9 Å². The van der Waals surface area contributed by atoms with Gasteiger partial charge in [0.2, 0.25) is 5.91 Å². The highest BCUT2D eigenvalue weighted by Crippen LogP contribution is 2.39. The Morgan fingerprint density at radius 3 is 2.60 bits per heavy atom. The van der Waals surface area contributed by atoms with E-state index >= 15 is 0 Å². The molecule has 0 spiro atoms. The van der Waals surface area contributed by atoms with Crippen molar-refractivity contribution in [1.29, 1.82) is 0 Å². The molecule has 0 aliphatic heterocycles. The molecule has 2 aromatic heterocycles. The molecule has 1 aromatic carbocycles. The van der Waals surface area contributed by atoms with Gasteiger partial charge in [-0.05, 0) is 49.8 Å². The van der Waals surface area contributed by atoms with Gasteiger partial charge in [0.05, 0.1) is 35.6 Å². The Bertz CT molecular complexity index is 1070. The van der Waals surface area contributed by atoms with Crippen molar-refractivity contribution in [2.45, 2.75) is 57.8 Å². The summed E-state index contributed by atoms with van der Waals surface area (Å²) in [5.41, 5.74) is 3.66. The molecule has 4 rings (SSSR count). The summed E-state index contributed by atoms with van der Waals surface area (Å²) in [6, 6.07) is 9.46. The lowest BCUT2D eigenvalue weighted by Crippen LogP contribution is -2.28. The molecule has 0 radical (unpaired) electrons. The second kappa shape index (κ2) is 7.74. The molecular formula is C22H23F3N4O. The third-order valence-electron chi connectivity index (χ3n) is 5.39. The number of amides is 1. The fraction of sp³-hybridized carbons (Fsp3) is 0.409. The van der Waals surface area contributed by atoms with Gasteiger partial charge in [-0.1, -0.05) is 24.3 Å². The van der Waals surface area contributed by atoms with Crippen molar-refractivity contribution in [1.82, 2.24) is 20.1 Å². The number of benzene rings is 1. The van der Waals surface area contributed by atoms with Crippen molar-refractivity contribution in [3.05, 3.63) is 59.0 Å². The predicted octanol–water partition coefficient (Wildman–Crippen LogP) is 4.60. The molecule has 8 heteroatoms. The highest BCUT2D eigenvalue weighted by atomic mass is 19.4. The number of pyridine rings is 1. The van der Waals surface area contributed by atoms with Crippen LogP contribution in [-0.2, 0) is 17.8 Å². The van der Waals surface area contributed by atoms with Gasteiger partial charge in [-0.3, -0.25) is 14.5 Å². The standard InChI is InChI=1S/C22H23F3N4O/c1-13-18-10-19(26-11-20(18)29(28-13)12-22(23,24)25)14(2)27-21(30)9-15-3-5-16(6-4-15)17-7-8-17/h3-6,10-11,14,17H,7-9,12H2,1-2H3,(H,27,30)/t14-/m1/s1. The zero-order valence-corrected chi connectivity index (χ0v) is 16.8. The van der Waals surface area contributed by atoms with E-state index in [9.17, 15) is 18.0 Å². The fourth-order valence-electron chi connectivity index (χ4n) is 3.65. The maximum atomic E-state index is 12.7. The first-order chi connectivity index (χ1) is 14.2. The molecule has 0 saturated heterocycles. The summed E-state index contributed by atoms with van der Waals surface area (Å²) >= 11 is 0. The SMILES string of the molecule is Cc1nn(CC(F)(F)F)c2cnc([C@@H](C)NC(=O)Cc3ccc(C4CC4)cc3)cc12. The number of nitrogens with zero attached hydrogens (tertiary/aromatic N) is 3. The number of aryl methyl sites for hydroxylation is 1. The minimum absolute atomic E-state index is 0.131. The van der Waals surface area contributed by atoms with Gasteiger partial charge >= 0.3 is 6.18 Å². The van der Waals surface area contributed by atoms with Crippen LogP contribution in [0.4, 0.5) is 13.2 Å². The van der Waals surface area contributed by atoms with Gasteiger partial charge in [-0.15, -0.1) is 0 Å². The van der Waals surface area contributed by atoms with Crippen LogP contribution in [-0.4, -0.2) is 26.8 Å². The first-order valence-electron chi connectivity index (χ1n) is 9.97. The molecule has 1 aliphatic carbocycles. The molecule has 0 bridgehead atoms. The van der Waals surface area contributed by atoms with Crippen LogP contribution in [0.5, 0.6) is 0 Å². The van der Waals surface area contributed by atoms with E-state index in [1.165, 1.54) is 24.6 Å². The van der Waals surface area contributed by atoms with E-state index in [4.69, 9.17) is 0 Å². The minimum atomic E-state index is -4.36. The van der Waals surface area contributed by atoms with Crippen molar-refractivity contribution in [2.24, 2.45) is 0 Å². The third-order valence-corrected chi connectivity index (χ3v) is 5.39. The lowest BCUT2D eigenvalue weighted by atomic mass is 10.1. The van der Waals surface area contributed by atoms with Crippen LogP contribution in [0, 0.1) is 6.92 Å². The van der Waals surface area contributed by atoms with Crippen molar-refractivity contribution < 1.29 is 18.0 Å². The Morgan fingerprint density at radius 2 is 1.97 bits per heavy atom. The molecular weight excluding hydrogens is 393 g/mol. The van der Waals surface area contributed by atoms with Gasteiger partial charge in [0.1, 0.15) is 6.54 Å². The number of aromatic nitrogens is 3. The second-order valence-corrected chi connectivity index (χ2v) is 7.97. The Balaban J connectivity index is 1.43. The molecule has 30 heavy (non-hydrogen) atoms. The summed E-state index contributed by atoms with van der Waals surface area (Å²) < 4.78 is 39.1. The number of nitrogens with one attached hydrogen (secondary N) is 1. The zero-order chi connectivity index (χ0) is 21.5. The topological polar surface area (TPSA) is 59.8 Å². The van der Waals surface area contributed by atoms with Gasteiger partial charge < -0.3 is 5.32 Å². The maximum absolute atomic E-state index is 12.7. The Kier molecular flexibility index (Phi) is 5.26. The van der Waals surface area contributed by atoms with Crippen LogP contribution in [0.15, 0.2) is 36.5 Å². The van der Waals surface area contributed by atoms with E-state index in [0.29, 0.717) is 28.2 Å². The fourth-order valence-corrected chi connectivity index (χ4v) is 3.65. The molecule has 1 aliphatic rings. The van der Waals surface area contributed by atoms with Crippen LogP contribution in [0.2, 0.25) is 0 Å². The monoisotopic (exact) mass is 416 g/mol. The molecule has 1 fully saturated rings. The van der Waals surface area contributed by atoms with Crippen LogP contribution in [0.1, 0.15) is 54.2 Å². The molecule has 1 N–H and O–H groups in total. The van der Waals surface area contributed by atoms with Gasteiger partial charge in [-0.25, -0.2) is 0 Å². The summed E-state index contributed by atoms with van der Waals surface area (Å²) in [6.45, 7) is 2.30. The summed E-state index contributed by atoms with van der Waals surface area (Å²) in [5.74, 6) is 0.547. The number of halogens is 3. The lowest BCUT2D eigenvalue weighted by molar-refractivity contribution is -0.141. The highest BCUT2D eigenvalue weighted by Gasteiger charge is 2.30. The zero-order valence-electron chi connectivity index (χ0n) is 16.8. The maximum Gasteiger partial charge on any atom is 0.408 e. The molecule has 2 heterocycles. The van der Waals surface area contributed by atoms with Gasteiger partial charge in [-0.2, -0.15) is 18.3 Å². The molecule has 1 atom stereocenters. The smallest absolute Gasteiger partial charge is 0.348 e. The number of carbonyl (C=O) groups excluding carboxylic acids is 1. The summed E-state index contributed by atoms with van der Waals surface area (Å²) in [5, 5.41) is 7.50. The van der Waals surface area contributed by atoms with E-state index < -0.39 is 12.7 Å². The van der Waals surface area contributed by atoms with Crippen LogP contribution < -0.4 is 5.32 Å². The number of carbonyl (C=O) groups is 1.